The molecule has 2 aliphatic carbocycles. The summed E-state index contributed by atoms with van der Waals surface area (Å²) in [7, 11) is 0. The Morgan fingerprint density at radius 2 is 1.92 bits per heavy atom. The second-order valence-corrected chi connectivity index (χ2v) is 10.0. The lowest BCUT2D eigenvalue weighted by Crippen LogP contribution is -2.32. The number of aryl methyl sites for hydroxylation is 1. The fourth-order valence-electron chi connectivity index (χ4n) is 5.89. The van der Waals surface area contributed by atoms with Crippen LogP contribution in [0.2, 0.25) is 0 Å². The average Bonchev–Trinajstić information content (AvgIpc) is 3.63. The zero-order valence-electron chi connectivity index (χ0n) is 22.5. The van der Waals surface area contributed by atoms with Gasteiger partial charge in [0.25, 0.3) is 5.56 Å². The van der Waals surface area contributed by atoms with Crippen LogP contribution in [0, 0.1) is 18.8 Å². The van der Waals surface area contributed by atoms with Crippen molar-refractivity contribution in [3.05, 3.63) is 46.0 Å². The van der Waals surface area contributed by atoms with Gasteiger partial charge in [-0.05, 0) is 62.6 Å². The van der Waals surface area contributed by atoms with Crippen molar-refractivity contribution in [2.75, 3.05) is 29.9 Å². The molecule has 1 saturated heterocycles. The van der Waals surface area contributed by atoms with E-state index in [0.717, 1.165) is 31.5 Å². The van der Waals surface area contributed by atoms with Gasteiger partial charge >= 0.3 is 0 Å². The van der Waals surface area contributed by atoms with E-state index in [1.54, 1.807) is 34.9 Å². The van der Waals surface area contributed by atoms with Crippen LogP contribution in [0.4, 0.5) is 17.5 Å². The van der Waals surface area contributed by atoms with Crippen molar-refractivity contribution in [2.24, 2.45) is 11.8 Å². The maximum absolute atomic E-state index is 13.5. The van der Waals surface area contributed by atoms with Crippen molar-refractivity contribution in [3.63, 3.8) is 0 Å². The topological polar surface area (TPSA) is 122 Å². The van der Waals surface area contributed by atoms with E-state index >= 15 is 0 Å². The first kappa shape index (κ1) is 26.0. The first-order valence-corrected chi connectivity index (χ1v) is 13.6. The first-order chi connectivity index (χ1) is 18.4. The molecule has 2 saturated carbocycles. The van der Waals surface area contributed by atoms with Gasteiger partial charge in [-0.1, -0.05) is 13.8 Å². The highest BCUT2D eigenvalue weighted by Gasteiger charge is 2.49. The van der Waals surface area contributed by atoms with Crippen LogP contribution in [0.1, 0.15) is 68.4 Å². The number of pyridine rings is 2. The van der Waals surface area contributed by atoms with E-state index in [9.17, 15) is 14.4 Å². The summed E-state index contributed by atoms with van der Waals surface area (Å²) in [6.07, 6.45) is 6.96. The van der Waals surface area contributed by atoms with Crippen LogP contribution >= 0.6 is 0 Å². The minimum Gasteiger partial charge on any atom is -0.314 e. The highest BCUT2D eigenvalue weighted by molar-refractivity contribution is 5.99. The van der Waals surface area contributed by atoms with Gasteiger partial charge in [-0.25, -0.2) is 9.97 Å². The molecule has 1 aliphatic heterocycles. The number of anilines is 3. The lowest BCUT2D eigenvalue weighted by Gasteiger charge is -2.21. The summed E-state index contributed by atoms with van der Waals surface area (Å²) in [6, 6.07) is 3.70. The molecule has 3 aromatic heterocycles. The summed E-state index contributed by atoms with van der Waals surface area (Å²) in [4.78, 5) is 53.7. The zero-order chi connectivity index (χ0) is 27.0. The largest absolute Gasteiger partial charge is 0.314 e. The molecule has 4 heterocycles. The normalized spacial score (nSPS) is 22.4. The second kappa shape index (κ2) is 10.6. The number of hydrogen-bond donors (Lipinski definition) is 2. The summed E-state index contributed by atoms with van der Waals surface area (Å²) in [5, 5.41) is 7.08. The molecule has 2 N–H and O–H groups in total. The number of carbonyl (C=O) groups is 2. The van der Waals surface area contributed by atoms with Crippen molar-refractivity contribution in [1.29, 1.82) is 0 Å². The predicted octanol–water partition coefficient (Wildman–Crippen LogP) is 3.76. The summed E-state index contributed by atoms with van der Waals surface area (Å²) < 4.78 is 1.75. The molecular weight excluding hydrogens is 482 g/mol. The van der Waals surface area contributed by atoms with E-state index in [1.807, 2.05) is 19.9 Å². The molecule has 3 fully saturated rings. The van der Waals surface area contributed by atoms with Crippen molar-refractivity contribution < 1.29 is 9.59 Å². The average molecular weight is 518 g/mol. The van der Waals surface area contributed by atoms with Crippen LogP contribution in [0.3, 0.4) is 0 Å². The van der Waals surface area contributed by atoms with Crippen LogP contribution < -0.4 is 21.1 Å². The molecule has 10 nitrogen and oxygen atoms in total. The summed E-state index contributed by atoms with van der Waals surface area (Å²) >= 11 is 0. The molecule has 200 valence electrons. The fourth-order valence-corrected chi connectivity index (χ4v) is 5.89. The molecule has 0 radical (unpaired) electrons. The number of amides is 1. The fraction of sp³-hybridized carbons (Fsp3) is 0.500. The van der Waals surface area contributed by atoms with Gasteiger partial charge in [-0.15, -0.1) is 0 Å². The molecule has 3 unspecified atom stereocenters. The van der Waals surface area contributed by atoms with Crippen molar-refractivity contribution >= 4 is 40.2 Å². The number of nitrogens with zero attached hydrogens (tertiary/aromatic N) is 5. The lowest BCUT2D eigenvalue weighted by atomic mass is 10.0. The molecule has 6 rings (SSSR count). The maximum Gasteiger partial charge on any atom is 0.263 e. The number of carbonyl (C=O) groups excluding carboxylic acids is 2. The number of fused-ring (bicyclic) bond motifs is 2. The molecule has 3 aromatic rings. The van der Waals surface area contributed by atoms with Gasteiger partial charge in [-0.3, -0.25) is 19.0 Å². The van der Waals surface area contributed by atoms with Crippen molar-refractivity contribution in [3.8, 4) is 0 Å². The van der Waals surface area contributed by atoms with E-state index < -0.39 is 0 Å². The third-order valence-corrected chi connectivity index (χ3v) is 7.83. The van der Waals surface area contributed by atoms with Crippen molar-refractivity contribution in [1.82, 2.24) is 24.8 Å². The second-order valence-electron chi connectivity index (χ2n) is 10.0. The zero-order valence-corrected chi connectivity index (χ0v) is 22.5. The Bertz CT molecular complexity index is 1430. The lowest BCUT2D eigenvalue weighted by molar-refractivity contribution is -0.118. The number of nitrogens with one attached hydrogen (secondary N) is 2. The Balaban J connectivity index is 0.00000144. The van der Waals surface area contributed by atoms with Gasteiger partial charge < -0.3 is 15.5 Å². The molecule has 38 heavy (non-hydrogen) atoms. The Kier molecular flexibility index (Phi) is 7.25. The minimum atomic E-state index is -0.256. The van der Waals surface area contributed by atoms with Gasteiger partial charge in [0.05, 0.1) is 17.4 Å². The predicted molar refractivity (Wildman–Crippen MR) is 147 cm³/mol. The van der Waals surface area contributed by atoms with Gasteiger partial charge in [0.15, 0.2) is 5.78 Å². The summed E-state index contributed by atoms with van der Waals surface area (Å²) in [5.41, 5.74) is 1.89. The van der Waals surface area contributed by atoms with E-state index in [0.29, 0.717) is 59.7 Å². The SMILES string of the molecule is CC.CC(=O)c1c(C)c2cnc(Nc3ccc(N4CCNCCC4=O)cn3)nc2n(C2CCC3CC32)c1=O. The van der Waals surface area contributed by atoms with Gasteiger partial charge in [0.2, 0.25) is 11.9 Å². The highest BCUT2D eigenvalue weighted by Crippen LogP contribution is 2.57. The molecule has 0 spiro atoms. The number of aromatic nitrogens is 4. The standard InChI is InChI=1S/C26H29N7O3.C2H6/c1-14-19-13-29-26(30-21-6-4-17(12-28-21)32-10-9-27-8-7-22(32)35)31-24(19)33(25(36)23(14)15(2)34)20-5-3-16-11-18(16)20;1-2/h4,6,12-13,16,18,20,27H,3,5,7-11H2,1-2H3,(H,28,29,30,31);1-2H3. The molecule has 0 bridgehead atoms. The van der Waals surface area contributed by atoms with Crippen LogP contribution in [0.25, 0.3) is 11.0 Å². The Hall–Kier alpha value is -3.66. The Labute approximate surface area is 221 Å². The first-order valence-electron chi connectivity index (χ1n) is 13.6. The number of rotatable bonds is 5. The third-order valence-electron chi connectivity index (χ3n) is 7.83. The third kappa shape index (κ3) is 4.69. The smallest absolute Gasteiger partial charge is 0.263 e. The van der Waals surface area contributed by atoms with Crippen LogP contribution in [0.15, 0.2) is 29.3 Å². The summed E-state index contributed by atoms with van der Waals surface area (Å²) in [6.45, 7) is 9.25. The maximum atomic E-state index is 13.5. The highest BCUT2D eigenvalue weighted by atomic mass is 16.2. The summed E-state index contributed by atoms with van der Waals surface area (Å²) in [5.74, 6) is 1.85. The van der Waals surface area contributed by atoms with E-state index in [4.69, 9.17) is 4.98 Å². The van der Waals surface area contributed by atoms with E-state index in [2.05, 4.69) is 20.6 Å². The van der Waals surface area contributed by atoms with Gasteiger partial charge in [0, 0.05) is 43.7 Å². The number of ketones is 1. The van der Waals surface area contributed by atoms with Crippen LogP contribution in [-0.4, -0.2) is 50.8 Å². The Morgan fingerprint density at radius 1 is 1.11 bits per heavy atom. The quantitative estimate of drug-likeness (QED) is 0.491. The van der Waals surface area contributed by atoms with Crippen LogP contribution in [-0.2, 0) is 4.79 Å². The number of hydrogen-bond acceptors (Lipinski definition) is 8. The minimum absolute atomic E-state index is 0.0597. The molecule has 3 aliphatic rings. The van der Waals surface area contributed by atoms with E-state index in [-0.39, 0.29) is 28.9 Å². The molecular formula is C28H35N7O3. The Morgan fingerprint density at radius 3 is 2.58 bits per heavy atom. The van der Waals surface area contributed by atoms with E-state index in [1.165, 1.54) is 6.92 Å². The molecule has 1 amide bonds. The van der Waals surface area contributed by atoms with Crippen LogP contribution in [0.5, 0.6) is 0 Å². The monoisotopic (exact) mass is 517 g/mol. The molecule has 10 heteroatoms. The molecule has 3 atom stereocenters. The van der Waals surface area contributed by atoms with Gasteiger partial charge in [0.1, 0.15) is 11.5 Å². The van der Waals surface area contributed by atoms with Gasteiger partial charge in [-0.2, -0.15) is 4.98 Å². The molecule has 0 aromatic carbocycles. The van der Waals surface area contributed by atoms with Crippen molar-refractivity contribution in [2.45, 2.75) is 59.4 Å². The number of Topliss-reactive ketones (excluding diaryl/α,β-unsaturated/α-hetero) is 1.